The van der Waals surface area contributed by atoms with E-state index in [4.69, 9.17) is 10.8 Å². The van der Waals surface area contributed by atoms with E-state index in [0.717, 1.165) is 26.0 Å². The van der Waals surface area contributed by atoms with Crippen LogP contribution in [0, 0.1) is 0 Å². The van der Waals surface area contributed by atoms with Crippen LogP contribution < -0.4 is 10.7 Å². The molecule has 0 amide bonds. The van der Waals surface area contributed by atoms with Gasteiger partial charge in [-0.3, -0.25) is 0 Å². The lowest BCUT2D eigenvalue weighted by Crippen LogP contribution is -2.35. The van der Waals surface area contributed by atoms with Crippen LogP contribution in [0.15, 0.2) is 24.4 Å². The highest BCUT2D eigenvalue weighted by Gasteiger charge is 2.23. The van der Waals surface area contributed by atoms with Gasteiger partial charge in [-0.05, 0) is 45.4 Å². The fourth-order valence-electron chi connectivity index (χ4n) is 2.44. The second-order valence-corrected chi connectivity index (χ2v) is 4.58. The summed E-state index contributed by atoms with van der Waals surface area (Å²) in [4.78, 5) is 5.89. The second kappa shape index (κ2) is 9.03. The maximum absolute atomic E-state index is 7.00. The molecule has 4 nitrogen and oxygen atoms in total. The predicted molar refractivity (Wildman–Crippen MR) is 73.2 cm³/mol. The Morgan fingerprint density at radius 1 is 1.33 bits per heavy atom. The van der Waals surface area contributed by atoms with E-state index >= 15 is 0 Å². The smallest absolute Gasteiger partial charge is 0.182 e. The molecule has 1 fully saturated rings. The minimum Gasteiger partial charge on any atom is -0.400 e. The van der Waals surface area contributed by atoms with E-state index in [1.807, 2.05) is 12.3 Å². The summed E-state index contributed by atoms with van der Waals surface area (Å²) in [7, 11) is 1.00. The van der Waals surface area contributed by atoms with Crippen molar-refractivity contribution in [2.24, 2.45) is 5.73 Å². The molecule has 18 heavy (non-hydrogen) atoms. The van der Waals surface area contributed by atoms with Crippen LogP contribution in [0.25, 0.3) is 0 Å². The third-order valence-electron chi connectivity index (χ3n) is 3.44. The maximum atomic E-state index is 7.00. The van der Waals surface area contributed by atoms with Gasteiger partial charge >= 0.3 is 0 Å². The molecular formula is C14H26N3O+. The van der Waals surface area contributed by atoms with Crippen molar-refractivity contribution in [3.63, 3.8) is 0 Å². The van der Waals surface area contributed by atoms with E-state index in [1.165, 1.54) is 38.2 Å². The number of nitrogens with zero attached hydrogens (tertiary/aromatic N) is 1. The van der Waals surface area contributed by atoms with Crippen LogP contribution in [-0.4, -0.2) is 43.3 Å². The molecule has 2 rings (SSSR count). The average Bonchev–Trinajstić information content (AvgIpc) is 2.49. The van der Waals surface area contributed by atoms with Crippen LogP contribution in [0.2, 0.25) is 0 Å². The number of aromatic amines is 1. The van der Waals surface area contributed by atoms with E-state index in [1.54, 1.807) is 0 Å². The number of aliphatic hydroxyl groups is 1. The molecule has 4 heteroatoms. The number of nitrogens with one attached hydrogen (secondary N) is 1. The average molecular weight is 252 g/mol. The zero-order chi connectivity index (χ0) is 13.2. The lowest BCUT2D eigenvalue weighted by atomic mass is 9.93. The summed E-state index contributed by atoms with van der Waals surface area (Å²) in [5.41, 5.74) is 6.92. The van der Waals surface area contributed by atoms with Crippen molar-refractivity contribution in [2.75, 3.05) is 33.3 Å². The molecule has 1 aromatic heterocycles. The van der Waals surface area contributed by atoms with E-state index in [0.29, 0.717) is 0 Å². The standard InChI is InChI=1S/C13H21N3.CH4O/c14-7-3-9-16-10-5-12(6-11-16)13-4-1-2-8-15-13;1-2/h1-2,4,8,12H,3,5-7,9-11,14H2;2H,1H3/p+1. The number of aromatic nitrogens is 1. The number of H-pyrrole nitrogens is 1. The van der Waals surface area contributed by atoms with Gasteiger partial charge in [-0.15, -0.1) is 0 Å². The van der Waals surface area contributed by atoms with Crippen LogP contribution in [-0.2, 0) is 0 Å². The third kappa shape index (κ3) is 4.72. The van der Waals surface area contributed by atoms with Crippen molar-refractivity contribution in [1.82, 2.24) is 4.90 Å². The Hall–Kier alpha value is -0.970. The molecule has 1 aliphatic heterocycles. The quantitative estimate of drug-likeness (QED) is 0.826. The van der Waals surface area contributed by atoms with Gasteiger partial charge in [0.25, 0.3) is 0 Å². The van der Waals surface area contributed by atoms with Gasteiger partial charge in [-0.2, -0.15) is 0 Å². The van der Waals surface area contributed by atoms with Gasteiger partial charge in [0.2, 0.25) is 0 Å². The molecule has 0 aromatic carbocycles. The molecule has 1 aromatic rings. The number of pyridine rings is 1. The van der Waals surface area contributed by atoms with E-state index in [2.05, 4.69) is 22.0 Å². The van der Waals surface area contributed by atoms with Crippen molar-refractivity contribution in [2.45, 2.75) is 25.2 Å². The van der Waals surface area contributed by atoms with Gasteiger partial charge in [0.15, 0.2) is 11.9 Å². The largest absolute Gasteiger partial charge is 0.400 e. The first kappa shape index (κ1) is 15.1. The lowest BCUT2D eigenvalue weighted by molar-refractivity contribution is -0.393. The van der Waals surface area contributed by atoms with Crippen LogP contribution in [0.1, 0.15) is 30.9 Å². The Balaban J connectivity index is 0.000000771. The summed E-state index contributed by atoms with van der Waals surface area (Å²) in [5.74, 6) is 0.718. The Labute approximate surface area is 110 Å². The number of hydrogen-bond donors (Lipinski definition) is 2. The summed E-state index contributed by atoms with van der Waals surface area (Å²) in [6.07, 6.45) is 5.69. The van der Waals surface area contributed by atoms with Gasteiger partial charge in [-0.25, -0.2) is 4.98 Å². The van der Waals surface area contributed by atoms with Crippen molar-refractivity contribution in [3.8, 4) is 0 Å². The Morgan fingerprint density at radius 3 is 2.61 bits per heavy atom. The molecule has 0 spiro atoms. The minimum absolute atomic E-state index is 0.718. The van der Waals surface area contributed by atoms with E-state index in [-0.39, 0.29) is 0 Å². The normalized spacial score (nSPS) is 17.1. The van der Waals surface area contributed by atoms with E-state index < -0.39 is 0 Å². The monoisotopic (exact) mass is 252 g/mol. The van der Waals surface area contributed by atoms with Gasteiger partial charge in [0.1, 0.15) is 0 Å². The number of hydrogen-bond acceptors (Lipinski definition) is 3. The van der Waals surface area contributed by atoms with Crippen LogP contribution >= 0.6 is 0 Å². The fraction of sp³-hybridized carbons (Fsp3) is 0.643. The van der Waals surface area contributed by atoms with Crippen molar-refractivity contribution in [3.05, 3.63) is 30.1 Å². The maximum Gasteiger partial charge on any atom is 0.182 e. The molecule has 1 aliphatic rings. The topological polar surface area (TPSA) is 63.6 Å². The molecule has 0 bridgehead atoms. The van der Waals surface area contributed by atoms with Crippen LogP contribution in [0.3, 0.4) is 0 Å². The van der Waals surface area contributed by atoms with Gasteiger partial charge < -0.3 is 15.7 Å². The molecule has 0 aliphatic carbocycles. The molecular weight excluding hydrogens is 226 g/mol. The molecule has 0 atom stereocenters. The molecule has 4 N–H and O–H groups in total. The van der Waals surface area contributed by atoms with Gasteiger partial charge in [-0.1, -0.05) is 6.07 Å². The molecule has 1 saturated heterocycles. The minimum atomic E-state index is 0.718. The number of piperidine rings is 1. The lowest BCUT2D eigenvalue weighted by Gasteiger charge is -2.30. The summed E-state index contributed by atoms with van der Waals surface area (Å²) >= 11 is 0. The first-order chi connectivity index (χ1) is 8.90. The number of nitrogens with two attached hydrogens (primary N) is 1. The number of likely N-dealkylation sites (tertiary alicyclic amines) is 1. The Bertz CT molecular complexity index is 297. The Kier molecular flexibility index (Phi) is 7.57. The molecule has 0 unspecified atom stereocenters. The zero-order valence-electron chi connectivity index (χ0n) is 11.3. The van der Waals surface area contributed by atoms with E-state index in [9.17, 15) is 0 Å². The van der Waals surface area contributed by atoms with Gasteiger partial charge in [0.05, 0.1) is 0 Å². The van der Waals surface area contributed by atoms with Crippen molar-refractivity contribution >= 4 is 0 Å². The molecule has 0 radical (unpaired) electrons. The highest BCUT2D eigenvalue weighted by atomic mass is 16.2. The summed E-state index contributed by atoms with van der Waals surface area (Å²) < 4.78 is 0. The fourth-order valence-corrected chi connectivity index (χ4v) is 2.44. The first-order valence-corrected chi connectivity index (χ1v) is 6.74. The predicted octanol–water partition coefficient (Wildman–Crippen LogP) is 0.637. The highest BCUT2D eigenvalue weighted by molar-refractivity contribution is 5.04. The van der Waals surface area contributed by atoms with Crippen molar-refractivity contribution in [1.29, 1.82) is 0 Å². The molecule has 2 heterocycles. The number of rotatable bonds is 4. The number of aliphatic hydroxyl groups excluding tert-OH is 1. The van der Waals surface area contributed by atoms with Gasteiger partial charge in [0, 0.05) is 25.2 Å². The molecule has 0 saturated carbocycles. The third-order valence-corrected chi connectivity index (χ3v) is 3.44. The second-order valence-electron chi connectivity index (χ2n) is 4.58. The highest BCUT2D eigenvalue weighted by Crippen LogP contribution is 2.24. The Morgan fingerprint density at radius 2 is 2.06 bits per heavy atom. The van der Waals surface area contributed by atoms with Crippen LogP contribution in [0.4, 0.5) is 0 Å². The molecule has 102 valence electrons. The first-order valence-electron chi connectivity index (χ1n) is 6.74. The summed E-state index contributed by atoms with van der Waals surface area (Å²) in [5, 5.41) is 7.00. The summed E-state index contributed by atoms with van der Waals surface area (Å²) in [6.45, 7) is 4.41. The SMILES string of the molecule is CO.NCCCN1CCC(c2cccc[nH+]2)CC1. The zero-order valence-corrected chi connectivity index (χ0v) is 11.3. The summed E-state index contributed by atoms with van der Waals surface area (Å²) in [6, 6.07) is 6.37. The van der Waals surface area contributed by atoms with Crippen LogP contribution in [0.5, 0.6) is 0 Å². The van der Waals surface area contributed by atoms with Crippen molar-refractivity contribution < 1.29 is 10.1 Å².